The minimum atomic E-state index is -0.307. The van der Waals surface area contributed by atoms with Gasteiger partial charge in [-0.2, -0.15) is 0 Å². The molecule has 0 aliphatic heterocycles. The Morgan fingerprint density at radius 1 is 1.54 bits per heavy atom. The van der Waals surface area contributed by atoms with Crippen LogP contribution in [0, 0.1) is 0 Å². The van der Waals surface area contributed by atoms with E-state index in [1.54, 1.807) is 0 Å². The highest BCUT2D eigenvalue weighted by molar-refractivity contribution is 5.71. The van der Waals surface area contributed by atoms with Crippen molar-refractivity contribution in [3.05, 3.63) is 0 Å². The molecule has 0 radical (unpaired) electrons. The third kappa shape index (κ3) is 3.32. The standard InChI is InChI=1S/C9H17NO3/c1-13-9(12)6-10-7-4-2-3-5-8(7)11/h7-8,10-11H,2-6H2,1H3/t7-,8-/m1/s1. The van der Waals surface area contributed by atoms with Gasteiger partial charge >= 0.3 is 5.97 Å². The lowest BCUT2D eigenvalue weighted by atomic mass is 9.93. The lowest BCUT2D eigenvalue weighted by Gasteiger charge is -2.27. The molecule has 4 nitrogen and oxygen atoms in total. The maximum atomic E-state index is 10.8. The highest BCUT2D eigenvalue weighted by Crippen LogP contribution is 2.17. The van der Waals surface area contributed by atoms with Crippen LogP contribution in [0.4, 0.5) is 0 Å². The summed E-state index contributed by atoms with van der Waals surface area (Å²) in [5, 5.41) is 12.5. The molecule has 0 spiro atoms. The zero-order valence-electron chi connectivity index (χ0n) is 7.95. The topological polar surface area (TPSA) is 58.6 Å². The zero-order valence-corrected chi connectivity index (χ0v) is 7.95. The Morgan fingerprint density at radius 2 is 2.23 bits per heavy atom. The van der Waals surface area contributed by atoms with Crippen molar-refractivity contribution in [2.24, 2.45) is 0 Å². The number of esters is 1. The molecule has 1 rings (SSSR count). The number of nitrogens with one attached hydrogen (secondary N) is 1. The van der Waals surface area contributed by atoms with E-state index in [-0.39, 0.29) is 24.7 Å². The summed E-state index contributed by atoms with van der Waals surface area (Å²) in [5.41, 5.74) is 0. The fourth-order valence-electron chi connectivity index (χ4n) is 1.64. The fourth-order valence-corrected chi connectivity index (χ4v) is 1.64. The van der Waals surface area contributed by atoms with E-state index in [0.717, 1.165) is 25.7 Å². The highest BCUT2D eigenvalue weighted by Gasteiger charge is 2.22. The van der Waals surface area contributed by atoms with Gasteiger partial charge in [-0.05, 0) is 12.8 Å². The number of carbonyl (C=O) groups is 1. The van der Waals surface area contributed by atoms with Gasteiger partial charge in [0.05, 0.1) is 19.8 Å². The van der Waals surface area contributed by atoms with Crippen molar-refractivity contribution in [2.45, 2.75) is 37.8 Å². The van der Waals surface area contributed by atoms with Crippen molar-refractivity contribution in [2.75, 3.05) is 13.7 Å². The van der Waals surface area contributed by atoms with Gasteiger partial charge in [0.1, 0.15) is 0 Å². The van der Waals surface area contributed by atoms with Gasteiger partial charge in [0.15, 0.2) is 0 Å². The molecule has 1 fully saturated rings. The molecule has 0 bridgehead atoms. The molecular weight excluding hydrogens is 170 g/mol. The van der Waals surface area contributed by atoms with Crippen LogP contribution < -0.4 is 5.32 Å². The zero-order chi connectivity index (χ0) is 9.68. The van der Waals surface area contributed by atoms with Crippen molar-refractivity contribution in [3.8, 4) is 0 Å². The fraction of sp³-hybridized carbons (Fsp3) is 0.889. The van der Waals surface area contributed by atoms with Gasteiger partial charge in [-0.25, -0.2) is 0 Å². The highest BCUT2D eigenvalue weighted by atomic mass is 16.5. The molecule has 2 N–H and O–H groups in total. The lowest BCUT2D eigenvalue weighted by Crippen LogP contribution is -2.44. The Labute approximate surface area is 78.3 Å². The number of hydrogen-bond donors (Lipinski definition) is 2. The number of rotatable bonds is 3. The molecule has 0 aromatic heterocycles. The SMILES string of the molecule is COC(=O)CN[C@@H]1CCCC[C@H]1O. The van der Waals surface area contributed by atoms with Gasteiger partial charge in [0, 0.05) is 6.04 Å². The Morgan fingerprint density at radius 3 is 2.85 bits per heavy atom. The predicted molar refractivity (Wildman–Crippen MR) is 48.3 cm³/mol. The van der Waals surface area contributed by atoms with Gasteiger partial charge in [0.2, 0.25) is 0 Å². The molecule has 13 heavy (non-hydrogen) atoms. The summed E-state index contributed by atoms with van der Waals surface area (Å²) in [4.78, 5) is 10.8. The first kappa shape index (κ1) is 10.5. The molecule has 0 amide bonds. The normalized spacial score (nSPS) is 28.5. The van der Waals surface area contributed by atoms with Crippen LogP contribution in [0.25, 0.3) is 0 Å². The van der Waals surface area contributed by atoms with Crippen molar-refractivity contribution < 1.29 is 14.6 Å². The van der Waals surface area contributed by atoms with Crippen LogP contribution in [-0.2, 0) is 9.53 Å². The minimum Gasteiger partial charge on any atom is -0.468 e. The maximum absolute atomic E-state index is 10.8. The number of carbonyl (C=O) groups excluding carboxylic acids is 1. The van der Waals surface area contributed by atoms with Gasteiger partial charge in [0.25, 0.3) is 0 Å². The van der Waals surface area contributed by atoms with Gasteiger partial charge in [-0.3, -0.25) is 4.79 Å². The van der Waals surface area contributed by atoms with E-state index < -0.39 is 0 Å². The third-order valence-electron chi connectivity index (χ3n) is 2.47. The second-order valence-electron chi connectivity index (χ2n) is 3.42. The van der Waals surface area contributed by atoms with E-state index in [1.165, 1.54) is 7.11 Å². The molecule has 0 aromatic rings. The van der Waals surface area contributed by atoms with Gasteiger partial charge in [-0.15, -0.1) is 0 Å². The Hall–Kier alpha value is -0.610. The number of ether oxygens (including phenoxy) is 1. The van der Waals surface area contributed by atoms with Crippen LogP contribution >= 0.6 is 0 Å². The van der Waals surface area contributed by atoms with Gasteiger partial charge < -0.3 is 15.2 Å². The molecule has 0 heterocycles. The molecule has 1 saturated carbocycles. The second kappa shape index (κ2) is 5.19. The molecule has 4 heteroatoms. The Balaban J connectivity index is 2.22. The van der Waals surface area contributed by atoms with E-state index in [4.69, 9.17) is 0 Å². The first-order chi connectivity index (χ1) is 6.24. The average molecular weight is 187 g/mol. The quantitative estimate of drug-likeness (QED) is 0.613. The van der Waals surface area contributed by atoms with Crippen LogP contribution in [0.3, 0.4) is 0 Å². The largest absolute Gasteiger partial charge is 0.468 e. The monoisotopic (exact) mass is 187 g/mol. The summed E-state index contributed by atoms with van der Waals surface area (Å²) in [6.45, 7) is 0.193. The molecule has 0 saturated heterocycles. The van der Waals surface area contributed by atoms with Crippen LogP contribution in [0.5, 0.6) is 0 Å². The maximum Gasteiger partial charge on any atom is 0.319 e. The molecule has 1 aliphatic rings. The van der Waals surface area contributed by atoms with Crippen molar-refractivity contribution in [1.29, 1.82) is 0 Å². The summed E-state index contributed by atoms with van der Waals surface area (Å²) >= 11 is 0. The molecule has 0 unspecified atom stereocenters. The van der Waals surface area contributed by atoms with Crippen LogP contribution in [-0.4, -0.2) is 36.9 Å². The van der Waals surface area contributed by atoms with Crippen LogP contribution in [0.1, 0.15) is 25.7 Å². The van der Waals surface area contributed by atoms with Crippen molar-refractivity contribution in [1.82, 2.24) is 5.32 Å². The Kier molecular flexibility index (Phi) is 4.18. The molecular formula is C9H17NO3. The summed E-state index contributed by atoms with van der Waals surface area (Å²) in [5.74, 6) is -0.280. The summed E-state index contributed by atoms with van der Waals surface area (Å²) in [7, 11) is 1.36. The predicted octanol–water partition coefficient (Wildman–Crippen LogP) is 0.0525. The number of hydrogen-bond acceptors (Lipinski definition) is 4. The molecule has 76 valence electrons. The molecule has 0 aromatic carbocycles. The first-order valence-corrected chi connectivity index (χ1v) is 4.72. The van der Waals surface area contributed by atoms with Crippen LogP contribution in [0.2, 0.25) is 0 Å². The lowest BCUT2D eigenvalue weighted by molar-refractivity contribution is -0.139. The van der Waals surface area contributed by atoms with E-state index in [9.17, 15) is 9.90 Å². The van der Waals surface area contributed by atoms with Crippen molar-refractivity contribution >= 4 is 5.97 Å². The minimum absolute atomic E-state index is 0.0628. The van der Waals surface area contributed by atoms with Crippen LogP contribution in [0.15, 0.2) is 0 Å². The van der Waals surface area contributed by atoms with E-state index in [1.807, 2.05) is 0 Å². The van der Waals surface area contributed by atoms with E-state index >= 15 is 0 Å². The van der Waals surface area contributed by atoms with E-state index in [2.05, 4.69) is 10.1 Å². The Bertz CT molecular complexity index is 172. The van der Waals surface area contributed by atoms with Gasteiger partial charge in [-0.1, -0.05) is 12.8 Å². The number of aliphatic hydroxyl groups excluding tert-OH is 1. The molecule has 1 aliphatic carbocycles. The van der Waals surface area contributed by atoms with E-state index in [0.29, 0.717) is 0 Å². The first-order valence-electron chi connectivity index (χ1n) is 4.72. The third-order valence-corrected chi connectivity index (χ3v) is 2.47. The summed E-state index contributed by atoms with van der Waals surface area (Å²) < 4.78 is 4.49. The smallest absolute Gasteiger partial charge is 0.319 e. The van der Waals surface area contributed by atoms with Crippen molar-refractivity contribution in [3.63, 3.8) is 0 Å². The second-order valence-corrected chi connectivity index (χ2v) is 3.42. The number of aliphatic hydroxyl groups is 1. The molecule has 2 atom stereocenters. The average Bonchev–Trinajstić information content (AvgIpc) is 2.16. The summed E-state index contributed by atoms with van der Waals surface area (Å²) in [6, 6.07) is 0.0628. The number of methoxy groups -OCH3 is 1. The summed E-state index contributed by atoms with van der Waals surface area (Å²) in [6.07, 6.45) is 3.67.